The number of halogens is 1. The average molecular weight is 394 g/mol. The first-order valence-electron chi connectivity index (χ1n) is 8.27. The van der Waals surface area contributed by atoms with Gasteiger partial charge in [-0.25, -0.2) is 8.42 Å². The number of hydrogen-bond acceptors (Lipinski definition) is 4. The van der Waals surface area contributed by atoms with Crippen molar-refractivity contribution < 1.29 is 17.9 Å². The highest BCUT2D eigenvalue weighted by atomic mass is 35.5. The molecule has 1 aliphatic rings. The number of benzene rings is 2. The third-order valence-electron chi connectivity index (χ3n) is 4.28. The summed E-state index contributed by atoms with van der Waals surface area (Å²) in [6, 6.07) is 14.2. The van der Waals surface area contributed by atoms with Gasteiger partial charge in [-0.05, 0) is 25.1 Å². The van der Waals surface area contributed by atoms with Gasteiger partial charge in [0.05, 0.1) is 22.9 Å². The molecule has 2 aromatic carbocycles. The van der Waals surface area contributed by atoms with E-state index in [1.165, 1.54) is 0 Å². The van der Waals surface area contributed by atoms with E-state index in [9.17, 15) is 13.2 Å². The molecule has 1 amide bonds. The summed E-state index contributed by atoms with van der Waals surface area (Å²) in [5.41, 5.74) is 2.31. The molecule has 1 heterocycles. The fourth-order valence-electron chi connectivity index (χ4n) is 2.85. The first-order valence-corrected chi connectivity index (χ1v) is 10.5. The molecule has 3 rings (SSSR count). The number of hydrogen-bond donors (Lipinski definition) is 1. The van der Waals surface area contributed by atoms with Gasteiger partial charge in [0.15, 0.2) is 9.84 Å². The van der Waals surface area contributed by atoms with Gasteiger partial charge in [0, 0.05) is 11.1 Å². The number of carbonyl (C=O) groups is 1. The fourth-order valence-corrected chi connectivity index (χ4v) is 5.40. The van der Waals surface area contributed by atoms with Crippen LogP contribution < -0.4 is 10.1 Å². The second kappa shape index (κ2) is 7.68. The van der Waals surface area contributed by atoms with Crippen molar-refractivity contribution in [2.45, 2.75) is 24.9 Å². The average Bonchev–Trinajstić information content (AvgIpc) is 2.86. The van der Waals surface area contributed by atoms with E-state index in [1.807, 2.05) is 43.3 Å². The number of rotatable bonds is 5. The summed E-state index contributed by atoms with van der Waals surface area (Å²) in [4.78, 5) is 12.6. The van der Waals surface area contributed by atoms with Crippen molar-refractivity contribution in [3.8, 4) is 5.75 Å². The fraction of sp³-hybridized carbons (Fsp3) is 0.316. The van der Waals surface area contributed by atoms with Crippen LogP contribution in [0.25, 0.3) is 0 Å². The Morgan fingerprint density at radius 2 is 1.85 bits per heavy atom. The quantitative estimate of drug-likeness (QED) is 0.793. The molecule has 0 radical (unpaired) electrons. The van der Waals surface area contributed by atoms with Gasteiger partial charge in [-0.3, -0.25) is 4.79 Å². The van der Waals surface area contributed by atoms with E-state index in [0.29, 0.717) is 11.3 Å². The number of nitrogens with one attached hydrogen (secondary N) is 1. The van der Waals surface area contributed by atoms with Crippen molar-refractivity contribution in [1.82, 2.24) is 5.32 Å². The largest absolute Gasteiger partial charge is 0.489 e. The zero-order valence-electron chi connectivity index (χ0n) is 14.3. The molecule has 0 saturated carbocycles. The number of ether oxygens (including phenoxy) is 1. The van der Waals surface area contributed by atoms with E-state index in [1.54, 1.807) is 12.1 Å². The molecule has 1 fully saturated rings. The molecular weight excluding hydrogens is 374 g/mol. The maximum absolute atomic E-state index is 12.6. The molecule has 1 N–H and O–H groups in total. The van der Waals surface area contributed by atoms with E-state index in [0.717, 1.165) is 11.1 Å². The van der Waals surface area contributed by atoms with Gasteiger partial charge in [0.1, 0.15) is 12.4 Å². The van der Waals surface area contributed by atoms with Crippen LogP contribution in [0.2, 0.25) is 0 Å². The zero-order valence-corrected chi connectivity index (χ0v) is 15.9. The maximum atomic E-state index is 12.6. The predicted octanol–water partition coefficient (Wildman–Crippen LogP) is 2.71. The summed E-state index contributed by atoms with van der Waals surface area (Å²) in [6.45, 7) is 2.23. The van der Waals surface area contributed by atoms with Crippen LogP contribution in [0.4, 0.5) is 0 Å². The number of alkyl halides is 1. The lowest BCUT2D eigenvalue weighted by Gasteiger charge is -2.16. The van der Waals surface area contributed by atoms with E-state index in [2.05, 4.69) is 5.32 Å². The molecule has 2 atom stereocenters. The Morgan fingerprint density at radius 3 is 2.50 bits per heavy atom. The maximum Gasteiger partial charge on any atom is 0.251 e. The van der Waals surface area contributed by atoms with Gasteiger partial charge in [0.2, 0.25) is 0 Å². The van der Waals surface area contributed by atoms with Crippen LogP contribution in [0.1, 0.15) is 21.5 Å². The van der Waals surface area contributed by atoms with Crippen LogP contribution in [0.15, 0.2) is 48.5 Å². The molecule has 0 spiro atoms. The Kier molecular flexibility index (Phi) is 5.53. The highest BCUT2D eigenvalue weighted by Gasteiger charge is 2.37. The Morgan fingerprint density at radius 1 is 1.15 bits per heavy atom. The second-order valence-electron chi connectivity index (χ2n) is 6.43. The third-order valence-corrected chi connectivity index (χ3v) is 6.65. The predicted molar refractivity (Wildman–Crippen MR) is 102 cm³/mol. The molecular formula is C19H20ClNO4S. The number of carbonyl (C=O) groups excluding carboxylic acids is 1. The smallest absolute Gasteiger partial charge is 0.251 e. The molecule has 7 heteroatoms. The normalized spacial score (nSPS) is 21.3. The number of aryl methyl sites for hydroxylation is 1. The second-order valence-corrected chi connectivity index (χ2v) is 9.15. The minimum atomic E-state index is -3.20. The van der Waals surface area contributed by atoms with Crippen LogP contribution in [0, 0.1) is 6.92 Å². The van der Waals surface area contributed by atoms with E-state index < -0.39 is 21.3 Å². The van der Waals surface area contributed by atoms with Gasteiger partial charge in [0.25, 0.3) is 5.91 Å². The molecule has 1 aliphatic heterocycles. The van der Waals surface area contributed by atoms with Crippen molar-refractivity contribution >= 4 is 27.3 Å². The lowest BCUT2D eigenvalue weighted by molar-refractivity contribution is 0.0939. The summed E-state index contributed by atoms with van der Waals surface area (Å²) in [7, 11) is -3.20. The summed E-state index contributed by atoms with van der Waals surface area (Å²) in [5.74, 6) is 0.126. The molecule has 5 nitrogen and oxygen atoms in total. The summed E-state index contributed by atoms with van der Waals surface area (Å²) < 4.78 is 29.1. The monoisotopic (exact) mass is 393 g/mol. The summed E-state index contributed by atoms with van der Waals surface area (Å²) >= 11 is 6.07. The molecule has 0 unspecified atom stereocenters. The Labute approximate surface area is 158 Å². The van der Waals surface area contributed by atoms with Crippen LogP contribution in [-0.2, 0) is 16.4 Å². The third kappa shape index (κ3) is 4.56. The van der Waals surface area contributed by atoms with E-state index >= 15 is 0 Å². The number of sulfone groups is 1. The summed E-state index contributed by atoms with van der Waals surface area (Å²) in [6.07, 6.45) is 0. The number of amides is 1. The van der Waals surface area contributed by atoms with E-state index in [4.69, 9.17) is 16.3 Å². The van der Waals surface area contributed by atoms with Crippen molar-refractivity contribution in [2.75, 3.05) is 11.5 Å². The molecule has 1 saturated heterocycles. The van der Waals surface area contributed by atoms with Crippen molar-refractivity contribution in [1.29, 1.82) is 0 Å². The van der Waals surface area contributed by atoms with Gasteiger partial charge in [-0.15, -0.1) is 11.6 Å². The lowest BCUT2D eigenvalue weighted by Crippen LogP contribution is -2.41. The molecule has 138 valence electrons. The van der Waals surface area contributed by atoms with Crippen LogP contribution >= 0.6 is 11.6 Å². The van der Waals surface area contributed by atoms with Crippen molar-refractivity contribution in [2.24, 2.45) is 0 Å². The molecule has 2 aromatic rings. The Hall–Kier alpha value is -2.05. The van der Waals surface area contributed by atoms with E-state index in [-0.39, 0.29) is 24.0 Å². The van der Waals surface area contributed by atoms with Crippen LogP contribution in [0.5, 0.6) is 5.75 Å². The zero-order chi connectivity index (χ0) is 18.7. The highest BCUT2D eigenvalue weighted by Crippen LogP contribution is 2.20. The van der Waals surface area contributed by atoms with Gasteiger partial charge in [-0.1, -0.05) is 35.9 Å². The highest BCUT2D eigenvalue weighted by molar-refractivity contribution is 7.91. The Balaban J connectivity index is 1.70. The van der Waals surface area contributed by atoms with Crippen LogP contribution in [-0.4, -0.2) is 37.2 Å². The molecule has 26 heavy (non-hydrogen) atoms. The summed E-state index contributed by atoms with van der Waals surface area (Å²) in [5, 5.41) is 2.13. The topological polar surface area (TPSA) is 72.5 Å². The lowest BCUT2D eigenvalue weighted by atomic mass is 10.1. The minimum absolute atomic E-state index is 0.113. The first kappa shape index (κ1) is 18.7. The Bertz CT molecular complexity index is 896. The minimum Gasteiger partial charge on any atom is -0.489 e. The molecule has 0 aromatic heterocycles. The molecule has 0 bridgehead atoms. The molecule has 0 aliphatic carbocycles. The standard InChI is InChI=1S/C19H20ClNO4S/c1-13-6-8-15(9-7-13)25-10-14-4-2-3-5-16(14)19(22)21-18-12-26(23,24)11-17(18)20/h2-9,17-18H,10-12H2,1H3,(H,21,22)/t17-,18-/m0/s1. The first-order chi connectivity index (χ1) is 12.3. The van der Waals surface area contributed by atoms with Gasteiger partial charge >= 0.3 is 0 Å². The van der Waals surface area contributed by atoms with Gasteiger partial charge < -0.3 is 10.1 Å². The van der Waals surface area contributed by atoms with Crippen molar-refractivity contribution in [3.63, 3.8) is 0 Å². The SMILES string of the molecule is Cc1ccc(OCc2ccccc2C(=O)N[C@H]2CS(=O)(=O)C[C@@H]2Cl)cc1. The van der Waals surface area contributed by atoms with Crippen LogP contribution in [0.3, 0.4) is 0 Å². The van der Waals surface area contributed by atoms with Gasteiger partial charge in [-0.2, -0.15) is 0 Å². The van der Waals surface area contributed by atoms with Crippen molar-refractivity contribution in [3.05, 3.63) is 65.2 Å².